The Balaban J connectivity index is 1.54. The summed E-state index contributed by atoms with van der Waals surface area (Å²) in [5.74, 6) is -8.52. The SMILES string of the molecule is C[C@@H](Nc1cc(F)ccc1F)C(=O)N1[C@@H]2CC[C@H]([C@H]1C(=O)N[C@@H](C#N)C[C@H]1CCCNC1=O)C(F)(F)C2. The Morgan fingerprint density at radius 2 is 2.03 bits per heavy atom. The van der Waals surface area contributed by atoms with Crippen molar-refractivity contribution in [2.75, 3.05) is 11.9 Å². The number of nitrogens with one attached hydrogen (secondary N) is 3. The van der Waals surface area contributed by atoms with Gasteiger partial charge in [-0.1, -0.05) is 0 Å². The largest absolute Gasteiger partial charge is 0.371 e. The normalized spacial score (nSPS) is 28.0. The molecule has 6 atom stereocenters. The summed E-state index contributed by atoms with van der Waals surface area (Å²) in [6, 6.07) is -0.139. The van der Waals surface area contributed by atoms with Gasteiger partial charge in [0, 0.05) is 24.9 Å². The Morgan fingerprint density at radius 3 is 2.70 bits per heavy atom. The summed E-state index contributed by atoms with van der Waals surface area (Å²) < 4.78 is 57.5. The van der Waals surface area contributed by atoms with E-state index in [-0.39, 0.29) is 30.9 Å². The highest BCUT2D eigenvalue weighted by Gasteiger charge is 2.60. The van der Waals surface area contributed by atoms with E-state index >= 15 is 0 Å². The zero-order valence-corrected chi connectivity index (χ0v) is 20.3. The van der Waals surface area contributed by atoms with E-state index in [0.717, 1.165) is 29.5 Å². The molecule has 0 spiro atoms. The second kappa shape index (κ2) is 10.6. The molecule has 4 fully saturated rings. The maximum Gasteiger partial charge on any atom is 0.255 e. The second-order valence-electron chi connectivity index (χ2n) is 10.0. The number of piperidine rings is 3. The average molecular weight is 524 g/mol. The van der Waals surface area contributed by atoms with Crippen LogP contribution in [-0.2, 0) is 14.4 Å². The van der Waals surface area contributed by atoms with E-state index in [1.807, 2.05) is 6.07 Å². The van der Waals surface area contributed by atoms with Crippen molar-refractivity contribution in [3.05, 3.63) is 29.8 Å². The van der Waals surface area contributed by atoms with Crippen LogP contribution in [0.4, 0.5) is 23.2 Å². The fraction of sp³-hybridized carbons (Fsp3) is 0.600. The van der Waals surface area contributed by atoms with Crippen LogP contribution in [0.2, 0.25) is 0 Å². The molecule has 4 aliphatic rings. The molecule has 3 aliphatic heterocycles. The van der Waals surface area contributed by atoms with Crippen molar-refractivity contribution in [2.24, 2.45) is 11.8 Å². The molecule has 1 aromatic rings. The maximum absolute atomic E-state index is 14.9. The number of anilines is 1. The van der Waals surface area contributed by atoms with Crippen molar-refractivity contribution >= 4 is 23.4 Å². The molecular weight excluding hydrogens is 494 g/mol. The molecule has 12 heteroatoms. The lowest BCUT2D eigenvalue weighted by Gasteiger charge is -2.54. The van der Waals surface area contributed by atoms with Crippen LogP contribution in [-0.4, -0.2) is 59.3 Å². The predicted molar refractivity (Wildman–Crippen MR) is 124 cm³/mol. The van der Waals surface area contributed by atoms with Crippen LogP contribution in [0.5, 0.6) is 0 Å². The highest BCUT2D eigenvalue weighted by molar-refractivity contribution is 5.92. The van der Waals surface area contributed by atoms with Gasteiger partial charge in [0.1, 0.15) is 29.8 Å². The molecule has 3 heterocycles. The number of benzene rings is 1. The molecule has 3 N–H and O–H groups in total. The van der Waals surface area contributed by atoms with Gasteiger partial charge in [-0.05, 0) is 57.2 Å². The van der Waals surface area contributed by atoms with Crippen LogP contribution in [0.3, 0.4) is 0 Å². The number of carbonyl (C=O) groups excluding carboxylic acids is 3. The van der Waals surface area contributed by atoms with Gasteiger partial charge in [-0.15, -0.1) is 0 Å². The number of amides is 3. The molecule has 0 radical (unpaired) electrons. The highest BCUT2D eigenvalue weighted by Crippen LogP contribution is 2.49. The number of nitrogens with zero attached hydrogens (tertiary/aromatic N) is 2. The summed E-state index contributed by atoms with van der Waals surface area (Å²) in [7, 11) is 0. The molecule has 37 heavy (non-hydrogen) atoms. The van der Waals surface area contributed by atoms with E-state index in [9.17, 15) is 37.2 Å². The summed E-state index contributed by atoms with van der Waals surface area (Å²) >= 11 is 0. The number of fused-ring (bicyclic) bond motifs is 3. The third kappa shape index (κ3) is 5.50. The number of alkyl halides is 2. The van der Waals surface area contributed by atoms with Gasteiger partial charge < -0.3 is 20.9 Å². The van der Waals surface area contributed by atoms with Crippen LogP contribution >= 0.6 is 0 Å². The Hall–Kier alpha value is -3.36. The van der Waals surface area contributed by atoms with Crippen LogP contribution in [0.25, 0.3) is 0 Å². The minimum Gasteiger partial charge on any atom is -0.371 e. The van der Waals surface area contributed by atoms with Crippen molar-refractivity contribution < 1.29 is 31.9 Å². The monoisotopic (exact) mass is 523 g/mol. The standard InChI is InChI=1S/C25H29F4N5O3/c1-13(32-20-10-15(26)4-7-19(20)27)24(37)34-17-5-6-18(25(28,29)11-17)21(34)23(36)33-16(12-30)9-14-3-2-8-31-22(14)35/h4,7,10,13-14,16-18,21,32H,2-3,5-6,8-9,11H2,1H3,(H,31,35)(H,33,36)/t13-,14-,16-,17-,18-,21+/m1/s1. The summed E-state index contributed by atoms with van der Waals surface area (Å²) in [4.78, 5) is 40.0. The second-order valence-corrected chi connectivity index (χ2v) is 10.0. The number of rotatable bonds is 7. The first-order chi connectivity index (χ1) is 17.5. The highest BCUT2D eigenvalue weighted by atomic mass is 19.3. The molecular formula is C25H29F4N5O3. The summed E-state index contributed by atoms with van der Waals surface area (Å²) in [5, 5.41) is 17.4. The van der Waals surface area contributed by atoms with Gasteiger partial charge in [-0.25, -0.2) is 17.6 Å². The maximum atomic E-state index is 14.9. The summed E-state index contributed by atoms with van der Waals surface area (Å²) in [5.41, 5.74) is -0.273. The first-order valence-electron chi connectivity index (χ1n) is 12.4. The number of hydrogen-bond donors (Lipinski definition) is 3. The fourth-order valence-corrected chi connectivity index (χ4v) is 5.70. The minimum absolute atomic E-state index is 0.0160. The van der Waals surface area contributed by atoms with Crippen molar-refractivity contribution in [1.82, 2.24) is 15.5 Å². The van der Waals surface area contributed by atoms with Crippen LogP contribution < -0.4 is 16.0 Å². The van der Waals surface area contributed by atoms with Crippen molar-refractivity contribution in [2.45, 2.75) is 75.5 Å². The Kier molecular flexibility index (Phi) is 7.62. The first kappa shape index (κ1) is 26.7. The molecule has 0 unspecified atom stereocenters. The van der Waals surface area contributed by atoms with Crippen LogP contribution in [0.1, 0.15) is 45.4 Å². The van der Waals surface area contributed by atoms with Gasteiger partial charge >= 0.3 is 0 Å². The van der Waals surface area contributed by atoms with Crippen molar-refractivity contribution in [3.8, 4) is 6.07 Å². The van der Waals surface area contributed by atoms with Crippen LogP contribution in [0, 0.1) is 34.8 Å². The molecule has 200 valence electrons. The third-order valence-corrected chi connectivity index (χ3v) is 7.52. The quantitative estimate of drug-likeness (QED) is 0.476. The number of carbonyl (C=O) groups is 3. The van der Waals surface area contributed by atoms with Crippen LogP contribution in [0.15, 0.2) is 18.2 Å². The summed E-state index contributed by atoms with van der Waals surface area (Å²) in [6.45, 7) is 1.91. The molecule has 1 aliphatic carbocycles. The third-order valence-electron chi connectivity index (χ3n) is 7.52. The Bertz CT molecular complexity index is 1110. The fourth-order valence-electron chi connectivity index (χ4n) is 5.70. The van der Waals surface area contributed by atoms with Crippen molar-refractivity contribution in [1.29, 1.82) is 5.26 Å². The molecule has 0 aromatic heterocycles. The number of hydrogen-bond acceptors (Lipinski definition) is 5. The van der Waals surface area contributed by atoms with Crippen molar-refractivity contribution in [3.63, 3.8) is 0 Å². The molecule has 3 saturated heterocycles. The van der Waals surface area contributed by atoms with Gasteiger partial charge in [0.05, 0.1) is 17.7 Å². The minimum atomic E-state index is -3.20. The smallest absolute Gasteiger partial charge is 0.255 e. The van der Waals surface area contributed by atoms with E-state index in [1.54, 1.807) is 0 Å². The predicted octanol–water partition coefficient (Wildman–Crippen LogP) is 2.70. The number of nitriles is 1. The molecule has 1 saturated carbocycles. The summed E-state index contributed by atoms with van der Waals surface area (Å²) in [6.07, 6.45) is 0.952. The van der Waals surface area contributed by atoms with E-state index in [2.05, 4.69) is 16.0 Å². The first-order valence-corrected chi connectivity index (χ1v) is 12.4. The molecule has 2 bridgehead atoms. The number of halogens is 4. The van der Waals surface area contributed by atoms with E-state index < -0.39 is 71.8 Å². The van der Waals surface area contributed by atoms with Gasteiger partial charge in [-0.2, -0.15) is 5.26 Å². The van der Waals surface area contributed by atoms with Gasteiger partial charge in [0.15, 0.2) is 0 Å². The van der Waals surface area contributed by atoms with E-state index in [0.29, 0.717) is 13.0 Å². The molecule has 1 aromatic carbocycles. The molecule has 3 amide bonds. The Morgan fingerprint density at radius 1 is 1.27 bits per heavy atom. The van der Waals surface area contributed by atoms with Gasteiger partial charge in [0.2, 0.25) is 17.7 Å². The van der Waals surface area contributed by atoms with Gasteiger partial charge in [0.25, 0.3) is 5.92 Å². The topological polar surface area (TPSA) is 114 Å². The van der Waals surface area contributed by atoms with E-state index in [4.69, 9.17) is 0 Å². The molecule has 5 rings (SSSR count). The lowest BCUT2D eigenvalue weighted by Crippen LogP contribution is -2.70. The molecule has 8 nitrogen and oxygen atoms in total. The Labute approximate surface area is 211 Å². The lowest BCUT2D eigenvalue weighted by atomic mass is 9.71. The zero-order chi connectivity index (χ0) is 26.9. The zero-order valence-electron chi connectivity index (χ0n) is 20.3. The lowest BCUT2D eigenvalue weighted by molar-refractivity contribution is -0.194. The average Bonchev–Trinajstić information content (AvgIpc) is 2.85. The van der Waals surface area contributed by atoms with Gasteiger partial charge in [-0.3, -0.25) is 14.4 Å². The van der Waals surface area contributed by atoms with E-state index in [1.165, 1.54) is 6.92 Å².